The van der Waals surface area contributed by atoms with Gasteiger partial charge in [-0.1, -0.05) is 6.92 Å². The fourth-order valence-electron chi connectivity index (χ4n) is 4.40. The number of amides is 2. The lowest BCUT2D eigenvalue weighted by Crippen LogP contribution is -2.47. The molecule has 1 saturated heterocycles. The first-order chi connectivity index (χ1) is 16.0. The van der Waals surface area contributed by atoms with Crippen LogP contribution in [0.25, 0.3) is 0 Å². The lowest BCUT2D eigenvalue weighted by atomic mass is 10.0. The third-order valence-electron chi connectivity index (χ3n) is 6.42. The van der Waals surface area contributed by atoms with E-state index in [1.807, 2.05) is 0 Å². The van der Waals surface area contributed by atoms with Crippen LogP contribution in [0.4, 0.5) is 0 Å². The molecule has 1 aliphatic carbocycles. The van der Waals surface area contributed by atoms with E-state index in [9.17, 15) is 18.6 Å². The predicted molar refractivity (Wildman–Crippen MR) is 124 cm³/mol. The number of esters is 1. The molecule has 2 aliphatic rings. The summed E-state index contributed by atoms with van der Waals surface area (Å²) in [6, 6.07) is 12.2. The monoisotopic (exact) mass is 485 g/mol. The van der Waals surface area contributed by atoms with Gasteiger partial charge in [0.1, 0.15) is 17.5 Å². The van der Waals surface area contributed by atoms with Gasteiger partial charge in [0.25, 0.3) is 5.91 Å². The zero-order chi connectivity index (χ0) is 24.7. The SMILES string of the molecule is COC(=O)[C@@H]1C[C@]2(C)C[C@@H]2N1C(=O)CNC(=O)c1ccc(Oc2ccc(S(C)(=N)=O)cc2)cc1. The Hall–Kier alpha value is -3.40. The van der Waals surface area contributed by atoms with E-state index in [-0.39, 0.29) is 23.9 Å². The van der Waals surface area contributed by atoms with Gasteiger partial charge in [0, 0.05) is 22.8 Å². The summed E-state index contributed by atoms with van der Waals surface area (Å²) in [5.74, 6) is -0.143. The molecule has 2 N–H and O–H groups in total. The van der Waals surface area contributed by atoms with Crippen molar-refractivity contribution in [3.05, 3.63) is 54.1 Å². The number of hydrogen-bond acceptors (Lipinski definition) is 7. The van der Waals surface area contributed by atoms with Crippen LogP contribution in [0.5, 0.6) is 11.5 Å². The molecule has 9 nitrogen and oxygen atoms in total. The van der Waals surface area contributed by atoms with Crippen LogP contribution in [0, 0.1) is 10.2 Å². The maximum absolute atomic E-state index is 12.8. The van der Waals surface area contributed by atoms with Crippen molar-refractivity contribution < 1.29 is 28.1 Å². The van der Waals surface area contributed by atoms with E-state index in [1.54, 1.807) is 53.4 Å². The van der Waals surface area contributed by atoms with Crippen molar-refractivity contribution >= 4 is 27.5 Å². The molecule has 4 rings (SSSR count). The Balaban J connectivity index is 1.33. The van der Waals surface area contributed by atoms with Gasteiger partial charge in [-0.05, 0) is 66.8 Å². The molecule has 2 aromatic rings. The van der Waals surface area contributed by atoms with Crippen molar-refractivity contribution in [3.8, 4) is 11.5 Å². The Kier molecular flexibility index (Phi) is 6.11. The highest BCUT2D eigenvalue weighted by Gasteiger charge is 2.64. The lowest BCUT2D eigenvalue weighted by molar-refractivity contribution is -0.151. The zero-order valence-corrected chi connectivity index (χ0v) is 20.0. The number of ether oxygens (including phenoxy) is 2. The molecule has 2 amide bonds. The lowest BCUT2D eigenvalue weighted by Gasteiger charge is -2.25. The summed E-state index contributed by atoms with van der Waals surface area (Å²) in [6.45, 7) is 1.84. The van der Waals surface area contributed by atoms with E-state index in [0.717, 1.165) is 6.42 Å². The molecule has 2 fully saturated rings. The molecule has 1 saturated carbocycles. The Morgan fingerprint density at radius 3 is 2.24 bits per heavy atom. The maximum atomic E-state index is 12.8. The van der Waals surface area contributed by atoms with Gasteiger partial charge < -0.3 is 19.7 Å². The fourth-order valence-corrected chi connectivity index (χ4v) is 5.06. The predicted octanol–water partition coefficient (Wildman–Crippen LogP) is 2.80. The number of carbonyl (C=O) groups is 3. The van der Waals surface area contributed by atoms with Crippen LogP contribution in [-0.4, -0.2) is 58.9 Å². The number of benzene rings is 2. The molecule has 1 heterocycles. The highest BCUT2D eigenvalue weighted by Crippen LogP contribution is 2.59. The maximum Gasteiger partial charge on any atom is 0.328 e. The van der Waals surface area contributed by atoms with Crippen LogP contribution in [0.15, 0.2) is 53.4 Å². The van der Waals surface area contributed by atoms with Gasteiger partial charge in [-0.15, -0.1) is 0 Å². The molecule has 0 bridgehead atoms. The topological polar surface area (TPSA) is 126 Å². The van der Waals surface area contributed by atoms with E-state index < -0.39 is 27.6 Å². The minimum absolute atomic E-state index is 0.0106. The quantitative estimate of drug-likeness (QED) is 0.581. The number of likely N-dealkylation sites (tertiary alicyclic amines) is 1. The second-order valence-corrected chi connectivity index (χ2v) is 11.2. The van der Waals surface area contributed by atoms with Gasteiger partial charge in [0.2, 0.25) is 5.91 Å². The first-order valence-electron chi connectivity index (χ1n) is 10.8. The minimum Gasteiger partial charge on any atom is -0.467 e. The van der Waals surface area contributed by atoms with E-state index in [2.05, 4.69) is 12.2 Å². The second kappa shape index (κ2) is 8.75. The van der Waals surface area contributed by atoms with Crippen molar-refractivity contribution in [3.63, 3.8) is 0 Å². The van der Waals surface area contributed by atoms with Gasteiger partial charge in [-0.25, -0.2) is 13.8 Å². The summed E-state index contributed by atoms with van der Waals surface area (Å²) in [4.78, 5) is 39.4. The van der Waals surface area contributed by atoms with Crippen LogP contribution in [0.3, 0.4) is 0 Å². The van der Waals surface area contributed by atoms with Gasteiger partial charge in [0.05, 0.1) is 23.4 Å². The summed E-state index contributed by atoms with van der Waals surface area (Å²) in [6.07, 6.45) is 2.78. The Morgan fingerprint density at radius 2 is 1.68 bits per heavy atom. The third kappa shape index (κ3) is 4.77. The van der Waals surface area contributed by atoms with Crippen molar-refractivity contribution in [1.82, 2.24) is 10.2 Å². The number of fused-ring (bicyclic) bond motifs is 1. The highest BCUT2D eigenvalue weighted by molar-refractivity contribution is 7.91. The number of piperidine rings is 1. The Bertz CT molecular complexity index is 1230. The van der Waals surface area contributed by atoms with E-state index in [4.69, 9.17) is 14.3 Å². The van der Waals surface area contributed by atoms with Gasteiger partial charge >= 0.3 is 5.97 Å². The average molecular weight is 486 g/mol. The van der Waals surface area contributed by atoms with E-state index in [0.29, 0.717) is 28.4 Å². The Morgan fingerprint density at radius 1 is 1.09 bits per heavy atom. The number of nitrogens with one attached hydrogen (secondary N) is 2. The van der Waals surface area contributed by atoms with Crippen molar-refractivity contribution in [2.24, 2.45) is 5.41 Å². The average Bonchev–Trinajstić information content (AvgIpc) is 3.37. The minimum atomic E-state index is -2.79. The summed E-state index contributed by atoms with van der Waals surface area (Å²) in [7, 11) is -1.48. The van der Waals surface area contributed by atoms with Gasteiger partial charge in [-0.2, -0.15) is 0 Å². The summed E-state index contributed by atoms with van der Waals surface area (Å²) in [5, 5.41) is 2.63. The van der Waals surface area contributed by atoms with Gasteiger partial charge in [0.15, 0.2) is 0 Å². The largest absolute Gasteiger partial charge is 0.467 e. The third-order valence-corrected chi connectivity index (χ3v) is 7.59. The molecule has 0 spiro atoms. The molecule has 1 aliphatic heterocycles. The van der Waals surface area contributed by atoms with Crippen molar-refractivity contribution in [2.75, 3.05) is 19.9 Å². The van der Waals surface area contributed by atoms with Crippen molar-refractivity contribution in [1.29, 1.82) is 4.78 Å². The molecule has 34 heavy (non-hydrogen) atoms. The number of hydrogen-bond donors (Lipinski definition) is 2. The summed E-state index contributed by atoms with van der Waals surface area (Å²) in [5.41, 5.74) is 0.309. The first kappa shape index (κ1) is 23.7. The van der Waals surface area contributed by atoms with Crippen LogP contribution < -0.4 is 10.1 Å². The van der Waals surface area contributed by atoms with Gasteiger partial charge in [-0.3, -0.25) is 9.59 Å². The van der Waals surface area contributed by atoms with Crippen LogP contribution in [0.1, 0.15) is 30.1 Å². The van der Waals surface area contributed by atoms with Crippen LogP contribution in [-0.2, 0) is 24.1 Å². The van der Waals surface area contributed by atoms with E-state index in [1.165, 1.54) is 13.4 Å². The molecule has 10 heteroatoms. The number of rotatable bonds is 7. The van der Waals surface area contributed by atoms with Crippen LogP contribution >= 0.6 is 0 Å². The molecule has 0 aromatic heterocycles. The molecule has 4 atom stereocenters. The summed E-state index contributed by atoms with van der Waals surface area (Å²) >= 11 is 0. The zero-order valence-electron chi connectivity index (χ0n) is 19.2. The Labute approximate surface area is 198 Å². The second-order valence-electron chi connectivity index (χ2n) is 9.04. The fraction of sp³-hybridized carbons (Fsp3) is 0.375. The summed E-state index contributed by atoms with van der Waals surface area (Å²) < 4.78 is 29.9. The van der Waals surface area contributed by atoms with Crippen LogP contribution in [0.2, 0.25) is 0 Å². The smallest absolute Gasteiger partial charge is 0.328 e. The number of nitrogens with zero attached hydrogens (tertiary/aromatic N) is 1. The number of carbonyl (C=O) groups excluding carboxylic acids is 3. The van der Waals surface area contributed by atoms with Crippen molar-refractivity contribution in [2.45, 2.75) is 36.7 Å². The normalized spacial score (nSPS) is 24.5. The molecular weight excluding hydrogens is 458 g/mol. The standard InChI is InChI=1S/C24H27N3O6S/c1-24-12-19(23(30)32-2)27(20(24)13-24)21(28)14-26-22(29)15-4-6-16(7-5-15)33-17-8-10-18(11-9-17)34(3,25)31/h4-11,19-20,25H,12-14H2,1-3H3,(H,26,29)/t19-,20-,24+,34?/m0/s1. The van der Waals surface area contributed by atoms with E-state index >= 15 is 0 Å². The molecular formula is C24H27N3O6S. The molecule has 1 unspecified atom stereocenters. The first-order valence-corrected chi connectivity index (χ1v) is 12.8. The molecule has 180 valence electrons. The molecule has 2 aromatic carbocycles. The molecule has 0 radical (unpaired) electrons. The number of methoxy groups -OCH3 is 1. The highest BCUT2D eigenvalue weighted by atomic mass is 32.2.